The SMILES string of the molecule is CC(C)(C)CC(NC(=O)N1CCN(c2ccccc2)CC1)c1ccccc1. The first-order valence-electron chi connectivity index (χ1n) is 9.83. The van der Waals surface area contributed by atoms with Crippen molar-refractivity contribution in [3.63, 3.8) is 0 Å². The van der Waals surface area contributed by atoms with E-state index in [2.05, 4.69) is 67.4 Å². The minimum absolute atomic E-state index is 0.0332. The number of carbonyl (C=O) groups excluding carboxylic acids is 1. The second-order valence-corrected chi connectivity index (χ2v) is 8.49. The van der Waals surface area contributed by atoms with Crippen molar-refractivity contribution in [2.45, 2.75) is 33.2 Å². The van der Waals surface area contributed by atoms with Gasteiger partial charge in [-0.2, -0.15) is 0 Å². The molecule has 0 radical (unpaired) electrons. The summed E-state index contributed by atoms with van der Waals surface area (Å²) in [5.74, 6) is 0. The summed E-state index contributed by atoms with van der Waals surface area (Å²) >= 11 is 0. The Kier molecular flexibility index (Phi) is 6.04. The van der Waals surface area contributed by atoms with Gasteiger partial charge in [0.2, 0.25) is 0 Å². The van der Waals surface area contributed by atoms with E-state index >= 15 is 0 Å². The molecule has 144 valence electrons. The fourth-order valence-electron chi connectivity index (χ4n) is 3.60. The van der Waals surface area contributed by atoms with Gasteiger partial charge in [0.05, 0.1) is 6.04 Å². The number of carbonyl (C=O) groups is 1. The number of para-hydroxylation sites is 1. The summed E-state index contributed by atoms with van der Waals surface area (Å²) in [6, 6.07) is 20.8. The van der Waals surface area contributed by atoms with Crippen LogP contribution in [0.5, 0.6) is 0 Å². The Morgan fingerprint density at radius 2 is 1.48 bits per heavy atom. The average Bonchev–Trinajstić information content (AvgIpc) is 2.68. The van der Waals surface area contributed by atoms with Gasteiger partial charge in [-0.1, -0.05) is 69.3 Å². The number of urea groups is 1. The van der Waals surface area contributed by atoms with Gasteiger partial charge in [-0.3, -0.25) is 0 Å². The van der Waals surface area contributed by atoms with E-state index in [4.69, 9.17) is 0 Å². The highest BCUT2D eigenvalue weighted by Gasteiger charge is 2.26. The monoisotopic (exact) mass is 365 g/mol. The maximum atomic E-state index is 12.9. The fourth-order valence-corrected chi connectivity index (χ4v) is 3.60. The number of nitrogens with zero attached hydrogens (tertiary/aromatic N) is 2. The standard InChI is InChI=1S/C23H31N3O/c1-23(2,3)18-21(19-10-6-4-7-11-19)24-22(27)26-16-14-25(15-17-26)20-12-8-5-9-13-20/h4-13,21H,14-18H2,1-3H3,(H,24,27). The topological polar surface area (TPSA) is 35.6 Å². The highest BCUT2D eigenvalue weighted by molar-refractivity contribution is 5.75. The molecule has 4 heteroatoms. The number of piperazine rings is 1. The first kappa shape index (κ1) is 19.3. The van der Waals surface area contributed by atoms with Gasteiger partial charge in [-0.25, -0.2) is 4.79 Å². The van der Waals surface area contributed by atoms with Crippen molar-refractivity contribution >= 4 is 11.7 Å². The van der Waals surface area contributed by atoms with Crippen LogP contribution in [0.1, 0.15) is 38.8 Å². The zero-order valence-electron chi connectivity index (χ0n) is 16.7. The second-order valence-electron chi connectivity index (χ2n) is 8.49. The third kappa shape index (κ3) is 5.49. The highest BCUT2D eigenvalue weighted by Crippen LogP contribution is 2.29. The lowest BCUT2D eigenvalue weighted by Gasteiger charge is -2.37. The molecule has 2 amide bonds. The van der Waals surface area contributed by atoms with Gasteiger partial charge in [0, 0.05) is 31.9 Å². The molecule has 0 aromatic heterocycles. The van der Waals surface area contributed by atoms with Crippen LogP contribution in [0.15, 0.2) is 60.7 Å². The number of nitrogens with one attached hydrogen (secondary N) is 1. The molecule has 1 atom stereocenters. The van der Waals surface area contributed by atoms with E-state index < -0.39 is 0 Å². The number of benzene rings is 2. The largest absolute Gasteiger partial charge is 0.368 e. The van der Waals surface area contributed by atoms with Crippen molar-refractivity contribution in [3.8, 4) is 0 Å². The van der Waals surface area contributed by atoms with Gasteiger partial charge < -0.3 is 15.1 Å². The van der Waals surface area contributed by atoms with Gasteiger partial charge >= 0.3 is 6.03 Å². The van der Waals surface area contributed by atoms with Gasteiger partial charge in [0.15, 0.2) is 0 Å². The van der Waals surface area contributed by atoms with E-state index in [-0.39, 0.29) is 17.5 Å². The van der Waals surface area contributed by atoms with Crippen molar-refractivity contribution in [3.05, 3.63) is 66.2 Å². The average molecular weight is 366 g/mol. The Labute approximate surface area is 163 Å². The van der Waals surface area contributed by atoms with Crippen LogP contribution in [0.2, 0.25) is 0 Å². The Hall–Kier alpha value is -2.49. The molecule has 2 aromatic carbocycles. The second kappa shape index (κ2) is 8.47. The van der Waals surface area contributed by atoms with Gasteiger partial charge in [-0.05, 0) is 29.5 Å². The third-order valence-electron chi connectivity index (χ3n) is 5.00. The molecule has 27 heavy (non-hydrogen) atoms. The number of rotatable bonds is 4. The van der Waals surface area contributed by atoms with Crippen molar-refractivity contribution in [2.75, 3.05) is 31.1 Å². The minimum Gasteiger partial charge on any atom is -0.368 e. The molecule has 0 bridgehead atoms. The van der Waals surface area contributed by atoms with Crippen LogP contribution in [-0.2, 0) is 0 Å². The summed E-state index contributed by atoms with van der Waals surface area (Å²) in [7, 11) is 0. The molecule has 0 spiro atoms. The van der Waals surface area contributed by atoms with Gasteiger partial charge in [0.25, 0.3) is 0 Å². The number of amides is 2. The van der Waals surface area contributed by atoms with Gasteiger partial charge in [-0.15, -0.1) is 0 Å². The lowest BCUT2D eigenvalue weighted by molar-refractivity contribution is 0.185. The molecule has 3 rings (SSSR count). The van der Waals surface area contributed by atoms with Crippen molar-refractivity contribution < 1.29 is 4.79 Å². The van der Waals surface area contributed by atoms with E-state index in [0.29, 0.717) is 0 Å². The zero-order chi connectivity index (χ0) is 19.3. The van der Waals surface area contributed by atoms with Crippen LogP contribution in [0, 0.1) is 5.41 Å². The van der Waals surface area contributed by atoms with Crippen molar-refractivity contribution in [2.24, 2.45) is 5.41 Å². The number of hydrogen-bond acceptors (Lipinski definition) is 2. The molecular formula is C23H31N3O. The lowest BCUT2D eigenvalue weighted by atomic mass is 9.85. The Bertz CT molecular complexity index is 716. The molecule has 1 fully saturated rings. The van der Waals surface area contributed by atoms with Crippen LogP contribution in [0.3, 0.4) is 0 Å². The number of anilines is 1. The molecule has 0 saturated carbocycles. The third-order valence-corrected chi connectivity index (χ3v) is 5.00. The molecular weight excluding hydrogens is 334 g/mol. The molecule has 1 N–H and O–H groups in total. The van der Waals surface area contributed by atoms with E-state index in [0.717, 1.165) is 32.6 Å². The van der Waals surface area contributed by atoms with Crippen LogP contribution in [0.25, 0.3) is 0 Å². The lowest BCUT2D eigenvalue weighted by Crippen LogP contribution is -2.52. The fraction of sp³-hybridized carbons (Fsp3) is 0.435. The Morgan fingerprint density at radius 3 is 2.04 bits per heavy atom. The van der Waals surface area contributed by atoms with Crippen LogP contribution in [0.4, 0.5) is 10.5 Å². The molecule has 1 aliphatic heterocycles. The Balaban J connectivity index is 1.61. The maximum Gasteiger partial charge on any atom is 0.318 e. The van der Waals surface area contributed by atoms with E-state index in [1.54, 1.807) is 0 Å². The molecule has 1 aliphatic rings. The quantitative estimate of drug-likeness (QED) is 0.853. The predicted molar refractivity (Wildman–Crippen MR) is 112 cm³/mol. The summed E-state index contributed by atoms with van der Waals surface area (Å²) < 4.78 is 0. The van der Waals surface area contributed by atoms with Crippen LogP contribution in [-0.4, -0.2) is 37.1 Å². The molecule has 4 nitrogen and oxygen atoms in total. The molecule has 1 unspecified atom stereocenters. The molecule has 0 aliphatic carbocycles. The summed E-state index contributed by atoms with van der Waals surface area (Å²) in [5, 5.41) is 3.28. The minimum atomic E-state index is 0.0332. The van der Waals surface area contributed by atoms with E-state index in [1.807, 2.05) is 29.2 Å². The van der Waals surface area contributed by atoms with Crippen molar-refractivity contribution in [1.29, 1.82) is 0 Å². The van der Waals surface area contributed by atoms with Crippen LogP contribution < -0.4 is 10.2 Å². The summed E-state index contributed by atoms with van der Waals surface area (Å²) in [6.45, 7) is 9.88. The zero-order valence-corrected chi connectivity index (χ0v) is 16.7. The normalized spacial score (nSPS) is 16.1. The first-order valence-corrected chi connectivity index (χ1v) is 9.83. The van der Waals surface area contributed by atoms with Crippen molar-refractivity contribution in [1.82, 2.24) is 10.2 Å². The maximum absolute atomic E-state index is 12.9. The molecule has 1 saturated heterocycles. The highest BCUT2D eigenvalue weighted by atomic mass is 16.2. The predicted octanol–water partition coefficient (Wildman–Crippen LogP) is 4.70. The summed E-state index contributed by atoms with van der Waals surface area (Å²) in [6.07, 6.45) is 0.909. The van der Waals surface area contributed by atoms with E-state index in [1.165, 1.54) is 11.3 Å². The number of hydrogen-bond donors (Lipinski definition) is 1. The van der Waals surface area contributed by atoms with Gasteiger partial charge in [0.1, 0.15) is 0 Å². The Morgan fingerprint density at radius 1 is 0.926 bits per heavy atom. The molecule has 2 aromatic rings. The summed E-state index contributed by atoms with van der Waals surface area (Å²) in [5.41, 5.74) is 2.54. The first-order chi connectivity index (χ1) is 12.9. The summed E-state index contributed by atoms with van der Waals surface area (Å²) in [4.78, 5) is 17.2. The van der Waals surface area contributed by atoms with Crippen LogP contribution >= 0.6 is 0 Å². The smallest absolute Gasteiger partial charge is 0.318 e. The molecule has 1 heterocycles. The van der Waals surface area contributed by atoms with E-state index in [9.17, 15) is 4.79 Å².